The van der Waals surface area contributed by atoms with Crippen molar-refractivity contribution in [2.45, 2.75) is 116 Å². The SMILES string of the molecule is COC(=O)C(C)=CCC12OC(C)(C)C3CC(C1=O)C1C4C(=Nc5ncn1n5)c1c(OP(=O)(O)O)c5c(c(CC=C(C)C)c1OC432)OC(C)(CCC=C(C)C)C=C5. The highest BCUT2D eigenvalue weighted by molar-refractivity contribution is 7.46. The van der Waals surface area contributed by atoms with E-state index in [1.54, 1.807) is 30.1 Å². The molecule has 1 aromatic heterocycles. The second kappa shape index (κ2) is 12.8. The second-order valence-electron chi connectivity index (χ2n) is 17.1. The molecule has 7 aliphatic rings. The summed E-state index contributed by atoms with van der Waals surface area (Å²) in [7, 11) is -3.90. The van der Waals surface area contributed by atoms with Crippen molar-refractivity contribution in [2.75, 3.05) is 7.11 Å². The van der Waals surface area contributed by atoms with Crippen molar-refractivity contribution >= 4 is 37.3 Å². The molecule has 14 nitrogen and oxygen atoms in total. The van der Waals surface area contributed by atoms with Crippen LogP contribution in [0, 0.1) is 17.8 Å². The molecular weight excluding hydrogens is 739 g/mol. The summed E-state index contributed by atoms with van der Waals surface area (Å²) in [5, 5.41) is 4.70. The Kier molecular flexibility index (Phi) is 8.82. The highest BCUT2D eigenvalue weighted by atomic mass is 31.2. The van der Waals surface area contributed by atoms with Crippen molar-refractivity contribution in [2.24, 2.45) is 22.7 Å². The van der Waals surface area contributed by atoms with E-state index >= 15 is 4.79 Å². The first-order chi connectivity index (χ1) is 26.3. The molecule has 15 heteroatoms. The molecule has 6 bridgehead atoms. The Balaban J connectivity index is 1.46. The van der Waals surface area contributed by atoms with E-state index in [9.17, 15) is 19.1 Å². The molecule has 56 heavy (non-hydrogen) atoms. The number of hydrogen-bond acceptors (Lipinski definition) is 11. The van der Waals surface area contributed by atoms with Gasteiger partial charge in [0.2, 0.25) is 0 Å². The summed E-state index contributed by atoms with van der Waals surface area (Å²) >= 11 is 0. The van der Waals surface area contributed by atoms with E-state index in [2.05, 4.69) is 11.1 Å². The third-order valence-corrected chi connectivity index (χ3v) is 12.9. The number of allylic oxidation sites excluding steroid dienone is 4. The minimum atomic E-state index is -5.21. The molecule has 5 heterocycles. The molecule has 1 spiro atoms. The van der Waals surface area contributed by atoms with Gasteiger partial charge in [-0.1, -0.05) is 29.4 Å². The topological polar surface area (TPSA) is 181 Å². The summed E-state index contributed by atoms with van der Waals surface area (Å²) in [5.41, 5.74) is -0.680. The highest BCUT2D eigenvalue weighted by Crippen LogP contribution is 2.73. The van der Waals surface area contributed by atoms with Crippen molar-refractivity contribution in [1.82, 2.24) is 14.8 Å². The Hall–Kier alpha value is -4.36. The number of fused-ring (bicyclic) bond motifs is 5. The van der Waals surface area contributed by atoms with Crippen LogP contribution in [-0.2, 0) is 30.0 Å². The Morgan fingerprint density at radius 2 is 1.80 bits per heavy atom. The number of aromatic nitrogens is 3. The molecule has 298 valence electrons. The van der Waals surface area contributed by atoms with E-state index in [1.165, 1.54) is 12.7 Å². The monoisotopic (exact) mass is 788 g/mol. The van der Waals surface area contributed by atoms with Gasteiger partial charge in [0.25, 0.3) is 5.95 Å². The molecule has 1 saturated heterocycles. The smallest absolute Gasteiger partial charge is 0.482 e. The van der Waals surface area contributed by atoms with Crippen molar-refractivity contribution in [3.05, 3.63) is 64.0 Å². The first kappa shape index (κ1) is 38.5. The van der Waals surface area contributed by atoms with E-state index < -0.39 is 54.1 Å². The zero-order chi connectivity index (χ0) is 40.3. The number of aliphatic imine (C=N–C) groups is 1. The fourth-order valence-electron chi connectivity index (χ4n) is 10.2. The highest BCUT2D eigenvalue weighted by Gasteiger charge is 2.85. The normalized spacial score (nSPS) is 31.2. The number of carbonyl (C=O) groups is 2. The van der Waals surface area contributed by atoms with Crippen LogP contribution in [0.4, 0.5) is 5.95 Å². The summed E-state index contributed by atoms with van der Waals surface area (Å²) in [6.07, 6.45) is 13.2. The number of phosphoric acid groups is 1. The number of benzene rings is 1. The average Bonchev–Trinajstić information content (AvgIpc) is 3.56. The third-order valence-electron chi connectivity index (χ3n) is 12.5. The molecule has 0 amide bonds. The van der Waals surface area contributed by atoms with Gasteiger partial charge in [-0.25, -0.2) is 19.0 Å². The van der Waals surface area contributed by atoms with Crippen LogP contribution in [0.3, 0.4) is 0 Å². The minimum absolute atomic E-state index is 0.00140. The van der Waals surface area contributed by atoms with Gasteiger partial charge < -0.3 is 23.5 Å². The summed E-state index contributed by atoms with van der Waals surface area (Å²) in [5.74, 6) is -1.88. The zero-order valence-corrected chi connectivity index (χ0v) is 34.1. The number of phosphoric ester groups is 1. The summed E-state index contributed by atoms with van der Waals surface area (Å²) in [6, 6.07) is -0.629. The van der Waals surface area contributed by atoms with Crippen LogP contribution in [-0.4, -0.2) is 71.5 Å². The van der Waals surface area contributed by atoms with Gasteiger partial charge in [0.1, 0.15) is 23.4 Å². The number of Topliss-reactive ketones (excluding diaryl/α,β-unsaturated/α-hetero) is 1. The van der Waals surface area contributed by atoms with Gasteiger partial charge >= 0.3 is 13.8 Å². The standard InChI is InChI=1S/C41H49N4O10P/c1-21(2)11-10-16-39(8)17-15-25-32(52-39)24(13-12-22(3)4)33-28(34(25)54-56(48,49)50)30-29-31(45-20-42-37(43-30)44-45)26-19-27-38(6,7)55-40(35(26)46,41(27,29)53-33)18-14-23(5)36(47)51-9/h11-12,14-15,17,20,26-27,29,31H,10,13,16,18-19H2,1-9H3,(H2,48,49,50). The summed E-state index contributed by atoms with van der Waals surface area (Å²) in [6.45, 7) is 15.6. The van der Waals surface area contributed by atoms with Gasteiger partial charge in [-0.2, -0.15) is 4.98 Å². The molecule has 2 aromatic rings. The van der Waals surface area contributed by atoms with Crippen molar-refractivity contribution in [3.63, 3.8) is 0 Å². The number of carbonyl (C=O) groups excluding carboxylic acids is 2. The van der Waals surface area contributed by atoms with Gasteiger partial charge in [-0.3, -0.25) is 14.6 Å². The minimum Gasteiger partial charge on any atom is -0.482 e. The lowest BCUT2D eigenvalue weighted by atomic mass is 9.44. The first-order valence-corrected chi connectivity index (χ1v) is 20.6. The van der Waals surface area contributed by atoms with Crippen LogP contribution in [0.15, 0.2) is 52.3 Å². The summed E-state index contributed by atoms with van der Waals surface area (Å²) in [4.78, 5) is 58.5. The zero-order valence-electron chi connectivity index (χ0n) is 33.2. The lowest BCUT2D eigenvalue weighted by Crippen LogP contribution is -2.78. The van der Waals surface area contributed by atoms with Crippen molar-refractivity contribution in [1.29, 1.82) is 0 Å². The van der Waals surface area contributed by atoms with Crippen LogP contribution in [0.5, 0.6) is 17.2 Å². The maximum absolute atomic E-state index is 15.3. The maximum atomic E-state index is 15.3. The number of methoxy groups -OCH3 is 1. The van der Waals surface area contributed by atoms with Crippen LogP contribution in [0.1, 0.15) is 104 Å². The van der Waals surface area contributed by atoms with Gasteiger partial charge in [-0.15, -0.1) is 5.10 Å². The summed E-state index contributed by atoms with van der Waals surface area (Å²) < 4.78 is 47.0. The molecule has 4 fully saturated rings. The largest absolute Gasteiger partial charge is 0.524 e. The Labute approximate surface area is 325 Å². The van der Waals surface area contributed by atoms with Crippen molar-refractivity contribution < 1.29 is 47.4 Å². The van der Waals surface area contributed by atoms with Gasteiger partial charge in [0, 0.05) is 29.4 Å². The van der Waals surface area contributed by atoms with Crippen LogP contribution < -0.4 is 14.0 Å². The van der Waals surface area contributed by atoms with Gasteiger partial charge in [-0.05, 0) is 93.2 Å². The fraction of sp³-hybridized carbons (Fsp3) is 0.537. The van der Waals surface area contributed by atoms with E-state index in [0.717, 1.165) is 12.0 Å². The Morgan fingerprint density at radius 1 is 1.07 bits per heavy atom. The molecule has 4 aliphatic heterocycles. The second-order valence-corrected chi connectivity index (χ2v) is 18.3. The van der Waals surface area contributed by atoms with Crippen LogP contribution in [0.25, 0.3) is 6.08 Å². The Bertz CT molecular complexity index is 2270. The van der Waals surface area contributed by atoms with Gasteiger partial charge in [0.05, 0.1) is 41.5 Å². The molecule has 3 aliphatic carbocycles. The third kappa shape index (κ3) is 5.61. The maximum Gasteiger partial charge on any atom is 0.524 e. The number of esters is 1. The molecule has 3 saturated carbocycles. The van der Waals surface area contributed by atoms with E-state index in [1.807, 2.05) is 60.6 Å². The fourth-order valence-corrected chi connectivity index (χ4v) is 10.6. The van der Waals surface area contributed by atoms with Gasteiger partial charge in [0.15, 0.2) is 22.7 Å². The number of ketones is 1. The molecule has 1 aromatic carbocycles. The Morgan fingerprint density at radius 3 is 2.48 bits per heavy atom. The van der Waals surface area contributed by atoms with Crippen molar-refractivity contribution in [3.8, 4) is 17.2 Å². The first-order valence-electron chi connectivity index (χ1n) is 19.1. The lowest BCUT2D eigenvalue weighted by Gasteiger charge is -2.63. The molecular formula is C41H49N4O10P. The van der Waals surface area contributed by atoms with Crippen LogP contribution >= 0.6 is 7.82 Å². The predicted molar refractivity (Wildman–Crippen MR) is 206 cm³/mol. The van der Waals surface area contributed by atoms with E-state index in [0.29, 0.717) is 47.4 Å². The predicted octanol–water partition coefficient (Wildman–Crippen LogP) is 6.87. The molecule has 2 N–H and O–H groups in total. The lowest BCUT2D eigenvalue weighted by molar-refractivity contribution is -0.206. The number of ether oxygens (including phenoxy) is 4. The van der Waals surface area contributed by atoms with E-state index in [4.69, 9.17) is 33.6 Å². The number of rotatable bonds is 10. The molecule has 7 unspecified atom stereocenters. The number of hydrogen-bond donors (Lipinski definition) is 2. The van der Waals surface area contributed by atoms with Crippen LogP contribution in [0.2, 0.25) is 0 Å². The molecule has 7 atom stereocenters. The van der Waals surface area contributed by atoms with E-state index in [-0.39, 0.29) is 41.1 Å². The molecule has 0 radical (unpaired) electrons. The average molecular weight is 789 g/mol. The quantitative estimate of drug-likeness (QED) is 0.111. The number of nitrogens with zero attached hydrogens (tertiary/aromatic N) is 4. The molecule has 9 rings (SSSR count).